The van der Waals surface area contributed by atoms with Crippen molar-refractivity contribution in [3.05, 3.63) is 34.6 Å². The molecule has 0 bridgehead atoms. The standard InChI is InChI=1S/C13H18ClFN2/c14-12-7-9(1-2-13(12)15)3-4-17-8-10-5-11(16)6-10/h1-2,7,10-11,17H,3-6,8,16H2. The zero-order valence-corrected chi connectivity index (χ0v) is 10.5. The van der Waals surface area contributed by atoms with E-state index in [4.69, 9.17) is 17.3 Å². The van der Waals surface area contributed by atoms with E-state index in [1.165, 1.54) is 6.07 Å². The van der Waals surface area contributed by atoms with Gasteiger partial charge in [-0.2, -0.15) is 0 Å². The van der Waals surface area contributed by atoms with Crippen LogP contribution in [0.3, 0.4) is 0 Å². The Balaban J connectivity index is 1.66. The number of nitrogens with one attached hydrogen (secondary N) is 1. The Morgan fingerprint density at radius 3 is 2.82 bits per heavy atom. The lowest BCUT2D eigenvalue weighted by atomic mass is 9.81. The molecule has 1 fully saturated rings. The summed E-state index contributed by atoms with van der Waals surface area (Å²) in [6.07, 6.45) is 3.14. The first kappa shape index (κ1) is 12.8. The van der Waals surface area contributed by atoms with Crippen LogP contribution in [-0.4, -0.2) is 19.1 Å². The monoisotopic (exact) mass is 256 g/mol. The predicted octanol–water partition coefficient (Wildman–Crippen LogP) is 2.35. The zero-order chi connectivity index (χ0) is 12.3. The molecule has 1 aliphatic rings. The van der Waals surface area contributed by atoms with Gasteiger partial charge >= 0.3 is 0 Å². The Bertz CT molecular complexity index is 378. The number of halogens is 2. The summed E-state index contributed by atoms with van der Waals surface area (Å²) in [6, 6.07) is 5.31. The van der Waals surface area contributed by atoms with E-state index in [1.54, 1.807) is 12.1 Å². The van der Waals surface area contributed by atoms with Crippen LogP contribution in [0.5, 0.6) is 0 Å². The van der Waals surface area contributed by atoms with Gasteiger partial charge in [-0.1, -0.05) is 17.7 Å². The maximum atomic E-state index is 12.9. The second kappa shape index (κ2) is 5.80. The second-order valence-corrected chi connectivity index (χ2v) is 5.21. The van der Waals surface area contributed by atoms with Crippen molar-refractivity contribution in [2.24, 2.45) is 11.7 Å². The fourth-order valence-electron chi connectivity index (χ4n) is 2.19. The van der Waals surface area contributed by atoms with E-state index in [2.05, 4.69) is 5.32 Å². The zero-order valence-electron chi connectivity index (χ0n) is 9.76. The van der Waals surface area contributed by atoms with Gasteiger partial charge in [0.05, 0.1) is 5.02 Å². The van der Waals surface area contributed by atoms with Crippen LogP contribution in [0.2, 0.25) is 5.02 Å². The van der Waals surface area contributed by atoms with Gasteiger partial charge in [0.2, 0.25) is 0 Å². The van der Waals surface area contributed by atoms with Crippen molar-refractivity contribution in [3.63, 3.8) is 0 Å². The fourth-order valence-corrected chi connectivity index (χ4v) is 2.39. The van der Waals surface area contributed by atoms with E-state index in [9.17, 15) is 4.39 Å². The maximum Gasteiger partial charge on any atom is 0.141 e. The van der Waals surface area contributed by atoms with Crippen LogP contribution in [-0.2, 0) is 6.42 Å². The first-order valence-electron chi connectivity index (χ1n) is 6.05. The summed E-state index contributed by atoms with van der Waals surface area (Å²) in [4.78, 5) is 0. The molecule has 17 heavy (non-hydrogen) atoms. The first-order chi connectivity index (χ1) is 8.15. The molecule has 1 aromatic rings. The molecule has 1 aliphatic carbocycles. The summed E-state index contributed by atoms with van der Waals surface area (Å²) in [5.41, 5.74) is 6.78. The predicted molar refractivity (Wildman–Crippen MR) is 68.7 cm³/mol. The largest absolute Gasteiger partial charge is 0.328 e. The number of rotatable bonds is 5. The smallest absolute Gasteiger partial charge is 0.141 e. The van der Waals surface area contributed by atoms with Crippen molar-refractivity contribution in [3.8, 4) is 0 Å². The minimum Gasteiger partial charge on any atom is -0.328 e. The van der Waals surface area contributed by atoms with Crippen LogP contribution in [0.1, 0.15) is 18.4 Å². The molecule has 0 saturated heterocycles. The van der Waals surface area contributed by atoms with Crippen LogP contribution in [0.4, 0.5) is 4.39 Å². The van der Waals surface area contributed by atoms with Crippen LogP contribution in [0, 0.1) is 11.7 Å². The Morgan fingerprint density at radius 2 is 2.18 bits per heavy atom. The first-order valence-corrected chi connectivity index (χ1v) is 6.43. The molecule has 1 aromatic carbocycles. The highest BCUT2D eigenvalue weighted by Gasteiger charge is 2.24. The molecule has 1 saturated carbocycles. The molecule has 0 unspecified atom stereocenters. The highest BCUT2D eigenvalue weighted by molar-refractivity contribution is 6.30. The van der Waals surface area contributed by atoms with Gasteiger partial charge in [0, 0.05) is 6.04 Å². The lowest BCUT2D eigenvalue weighted by molar-refractivity contribution is 0.257. The molecule has 0 aromatic heterocycles. The summed E-state index contributed by atoms with van der Waals surface area (Å²) in [7, 11) is 0. The number of nitrogens with two attached hydrogens (primary N) is 1. The highest BCUT2D eigenvalue weighted by Crippen LogP contribution is 2.24. The lowest BCUT2D eigenvalue weighted by Gasteiger charge is -2.32. The molecule has 2 rings (SSSR count). The average Bonchev–Trinajstić information content (AvgIpc) is 2.26. The third-order valence-electron chi connectivity index (χ3n) is 3.28. The Morgan fingerprint density at radius 1 is 1.41 bits per heavy atom. The molecule has 2 nitrogen and oxygen atoms in total. The summed E-state index contributed by atoms with van der Waals surface area (Å²) in [5.74, 6) is 0.383. The Kier molecular flexibility index (Phi) is 4.37. The highest BCUT2D eigenvalue weighted by atomic mass is 35.5. The summed E-state index contributed by atoms with van der Waals surface area (Å²) < 4.78 is 12.9. The fraction of sp³-hybridized carbons (Fsp3) is 0.538. The van der Waals surface area contributed by atoms with Crippen LogP contribution in [0.15, 0.2) is 18.2 Å². The van der Waals surface area contributed by atoms with Crippen molar-refractivity contribution in [2.45, 2.75) is 25.3 Å². The number of benzene rings is 1. The van der Waals surface area contributed by atoms with Crippen LogP contribution < -0.4 is 11.1 Å². The van der Waals surface area contributed by atoms with Gasteiger partial charge in [-0.15, -0.1) is 0 Å². The molecule has 0 amide bonds. The van der Waals surface area contributed by atoms with E-state index < -0.39 is 0 Å². The van der Waals surface area contributed by atoms with Crippen LogP contribution in [0.25, 0.3) is 0 Å². The van der Waals surface area contributed by atoms with E-state index in [-0.39, 0.29) is 10.8 Å². The van der Waals surface area contributed by atoms with Gasteiger partial charge in [-0.3, -0.25) is 0 Å². The van der Waals surface area contributed by atoms with Crippen molar-refractivity contribution in [1.82, 2.24) is 5.32 Å². The molecule has 94 valence electrons. The molecule has 0 atom stereocenters. The number of hydrogen-bond acceptors (Lipinski definition) is 2. The topological polar surface area (TPSA) is 38.0 Å². The second-order valence-electron chi connectivity index (χ2n) is 4.80. The van der Waals surface area contributed by atoms with Gasteiger partial charge in [-0.05, 0) is 56.0 Å². The molecular formula is C13H18ClFN2. The van der Waals surface area contributed by atoms with Gasteiger partial charge in [0.15, 0.2) is 0 Å². The van der Waals surface area contributed by atoms with Gasteiger partial charge in [-0.25, -0.2) is 4.39 Å². The van der Waals surface area contributed by atoms with Crippen molar-refractivity contribution in [2.75, 3.05) is 13.1 Å². The summed E-state index contributed by atoms with van der Waals surface area (Å²) >= 11 is 5.72. The lowest BCUT2D eigenvalue weighted by Crippen LogP contribution is -2.41. The SMILES string of the molecule is NC1CC(CNCCc2ccc(F)c(Cl)c2)C1. The van der Waals surface area contributed by atoms with E-state index in [0.717, 1.165) is 43.8 Å². The van der Waals surface area contributed by atoms with Crippen molar-refractivity contribution >= 4 is 11.6 Å². The van der Waals surface area contributed by atoms with E-state index in [0.29, 0.717) is 6.04 Å². The molecule has 0 radical (unpaired) electrons. The average molecular weight is 257 g/mol. The molecule has 4 heteroatoms. The number of hydrogen-bond donors (Lipinski definition) is 2. The van der Waals surface area contributed by atoms with E-state index >= 15 is 0 Å². The quantitative estimate of drug-likeness (QED) is 0.794. The minimum atomic E-state index is -0.355. The van der Waals surface area contributed by atoms with Gasteiger partial charge < -0.3 is 11.1 Å². The molecular weight excluding hydrogens is 239 g/mol. The van der Waals surface area contributed by atoms with Crippen LogP contribution >= 0.6 is 11.6 Å². The van der Waals surface area contributed by atoms with Crippen molar-refractivity contribution < 1.29 is 4.39 Å². The molecule has 0 aliphatic heterocycles. The van der Waals surface area contributed by atoms with Gasteiger partial charge in [0.1, 0.15) is 5.82 Å². The normalized spacial score (nSPS) is 23.5. The minimum absolute atomic E-state index is 0.201. The third-order valence-corrected chi connectivity index (χ3v) is 3.57. The molecule has 0 spiro atoms. The van der Waals surface area contributed by atoms with Crippen molar-refractivity contribution in [1.29, 1.82) is 0 Å². The van der Waals surface area contributed by atoms with Gasteiger partial charge in [0.25, 0.3) is 0 Å². The summed E-state index contributed by atoms with van der Waals surface area (Å²) in [6.45, 7) is 1.93. The Hall–Kier alpha value is -0.640. The molecule has 3 N–H and O–H groups in total. The third kappa shape index (κ3) is 3.66. The summed E-state index contributed by atoms with van der Waals surface area (Å²) in [5, 5.41) is 3.60. The molecule has 0 heterocycles. The maximum absolute atomic E-state index is 12.9. The Labute approximate surface area is 106 Å². The van der Waals surface area contributed by atoms with E-state index in [1.807, 2.05) is 0 Å².